The Morgan fingerprint density at radius 2 is 2.09 bits per heavy atom. The summed E-state index contributed by atoms with van der Waals surface area (Å²) in [4.78, 5) is 24.5. The first kappa shape index (κ1) is 17.3. The Morgan fingerprint density at radius 1 is 1.39 bits per heavy atom. The number of nitrogens with zero attached hydrogens (tertiary/aromatic N) is 1. The smallest absolute Gasteiger partial charge is 0.308 e. The molecule has 2 rings (SSSR count). The number of amides is 1. The van der Waals surface area contributed by atoms with E-state index in [2.05, 4.69) is 0 Å². The summed E-state index contributed by atoms with van der Waals surface area (Å²) in [5, 5.41) is 8.90. The van der Waals surface area contributed by atoms with Crippen molar-refractivity contribution in [3.8, 4) is 5.75 Å². The highest BCUT2D eigenvalue weighted by Crippen LogP contribution is 2.17. The number of hydrogen-bond acceptors (Lipinski definition) is 4. The zero-order valence-corrected chi connectivity index (χ0v) is 13.5. The van der Waals surface area contributed by atoms with E-state index in [9.17, 15) is 9.59 Å². The van der Waals surface area contributed by atoms with Crippen LogP contribution in [-0.2, 0) is 9.53 Å². The maximum atomic E-state index is 12.3. The van der Waals surface area contributed by atoms with Crippen LogP contribution in [0.1, 0.15) is 30.1 Å². The van der Waals surface area contributed by atoms with Crippen LogP contribution in [-0.4, -0.2) is 54.8 Å². The van der Waals surface area contributed by atoms with Gasteiger partial charge in [0.15, 0.2) is 0 Å². The number of carbonyl (C=O) groups excluding carboxylic acids is 1. The lowest BCUT2D eigenvalue weighted by Gasteiger charge is -2.19. The number of carboxylic acid groups (broad SMARTS) is 1. The monoisotopic (exact) mass is 321 g/mol. The van der Waals surface area contributed by atoms with Gasteiger partial charge in [0.25, 0.3) is 5.91 Å². The van der Waals surface area contributed by atoms with Crippen LogP contribution in [0.2, 0.25) is 0 Å². The van der Waals surface area contributed by atoms with Gasteiger partial charge < -0.3 is 19.5 Å². The Kier molecular flexibility index (Phi) is 5.98. The van der Waals surface area contributed by atoms with Gasteiger partial charge in [-0.25, -0.2) is 0 Å². The Hall–Kier alpha value is -2.08. The molecule has 126 valence electrons. The molecular weight excluding hydrogens is 298 g/mol. The lowest BCUT2D eigenvalue weighted by molar-refractivity contribution is -0.141. The fraction of sp³-hybridized carbons (Fsp3) is 0.529. The Bertz CT molecular complexity index is 536. The van der Waals surface area contributed by atoms with E-state index in [1.165, 1.54) is 4.90 Å². The summed E-state index contributed by atoms with van der Waals surface area (Å²) in [6.45, 7) is 3.06. The van der Waals surface area contributed by atoms with Gasteiger partial charge in [-0.2, -0.15) is 0 Å². The van der Waals surface area contributed by atoms with E-state index in [1.54, 1.807) is 38.2 Å². The van der Waals surface area contributed by atoms with Gasteiger partial charge in [0.2, 0.25) is 0 Å². The van der Waals surface area contributed by atoms with Crippen molar-refractivity contribution in [3.05, 3.63) is 29.8 Å². The van der Waals surface area contributed by atoms with Gasteiger partial charge in [-0.1, -0.05) is 6.92 Å². The van der Waals surface area contributed by atoms with Crippen LogP contribution in [0.15, 0.2) is 24.3 Å². The maximum absolute atomic E-state index is 12.3. The number of benzene rings is 1. The molecule has 0 spiro atoms. The summed E-state index contributed by atoms with van der Waals surface area (Å²) < 4.78 is 11.1. The van der Waals surface area contributed by atoms with Gasteiger partial charge in [-0.05, 0) is 37.1 Å². The Labute approximate surface area is 136 Å². The van der Waals surface area contributed by atoms with E-state index in [0.717, 1.165) is 19.4 Å². The summed E-state index contributed by atoms with van der Waals surface area (Å²) in [6, 6.07) is 6.87. The molecule has 1 N–H and O–H groups in total. The largest absolute Gasteiger partial charge is 0.491 e. The van der Waals surface area contributed by atoms with Crippen LogP contribution >= 0.6 is 0 Å². The molecule has 1 saturated heterocycles. The number of ether oxygens (including phenoxy) is 2. The van der Waals surface area contributed by atoms with E-state index in [4.69, 9.17) is 14.6 Å². The number of aliphatic carboxylic acids is 1. The molecule has 6 nitrogen and oxygen atoms in total. The van der Waals surface area contributed by atoms with Gasteiger partial charge in [-0.15, -0.1) is 0 Å². The van der Waals surface area contributed by atoms with E-state index in [0.29, 0.717) is 17.9 Å². The zero-order valence-electron chi connectivity index (χ0n) is 13.5. The highest BCUT2D eigenvalue weighted by molar-refractivity contribution is 5.94. The second-order valence-electron chi connectivity index (χ2n) is 5.90. The maximum Gasteiger partial charge on any atom is 0.308 e. The van der Waals surface area contributed by atoms with Crippen LogP contribution in [0.5, 0.6) is 5.75 Å². The lowest BCUT2D eigenvalue weighted by Crippen LogP contribution is -2.33. The van der Waals surface area contributed by atoms with Crippen LogP contribution in [0.4, 0.5) is 0 Å². The zero-order chi connectivity index (χ0) is 16.8. The summed E-state index contributed by atoms with van der Waals surface area (Å²) in [5.74, 6) is -1.03. The first-order valence-electron chi connectivity index (χ1n) is 7.80. The quantitative estimate of drug-likeness (QED) is 0.831. The molecule has 6 heteroatoms. The Morgan fingerprint density at radius 3 is 2.65 bits per heavy atom. The van der Waals surface area contributed by atoms with Crippen molar-refractivity contribution in [1.29, 1.82) is 0 Å². The topological polar surface area (TPSA) is 76.1 Å². The minimum Gasteiger partial charge on any atom is -0.491 e. The molecule has 1 fully saturated rings. The molecule has 1 aromatic rings. The molecule has 0 aliphatic carbocycles. The molecule has 2 atom stereocenters. The van der Waals surface area contributed by atoms with Crippen LogP contribution in [0, 0.1) is 5.92 Å². The van der Waals surface area contributed by atoms with E-state index < -0.39 is 11.9 Å². The van der Waals surface area contributed by atoms with Gasteiger partial charge in [0, 0.05) is 25.8 Å². The van der Waals surface area contributed by atoms with Gasteiger partial charge in [-0.3, -0.25) is 9.59 Å². The molecule has 1 heterocycles. The normalized spacial score (nSPS) is 18.4. The number of hydrogen-bond donors (Lipinski definition) is 1. The molecule has 23 heavy (non-hydrogen) atoms. The van der Waals surface area contributed by atoms with Crippen molar-refractivity contribution in [2.45, 2.75) is 25.9 Å². The minimum absolute atomic E-state index is 0.153. The first-order valence-corrected chi connectivity index (χ1v) is 7.80. The molecule has 0 saturated carbocycles. The van der Waals surface area contributed by atoms with E-state index in [1.807, 2.05) is 0 Å². The molecule has 0 bridgehead atoms. The summed E-state index contributed by atoms with van der Waals surface area (Å²) in [7, 11) is 1.60. The molecular formula is C17H23NO5. The third kappa shape index (κ3) is 4.96. The number of carbonyl (C=O) groups is 2. The third-order valence-electron chi connectivity index (χ3n) is 3.88. The molecule has 1 amide bonds. The molecule has 1 aliphatic heterocycles. The lowest BCUT2D eigenvalue weighted by atomic mass is 10.1. The fourth-order valence-corrected chi connectivity index (χ4v) is 2.45. The predicted octanol–water partition coefficient (Wildman–Crippen LogP) is 2.04. The van der Waals surface area contributed by atoms with Crippen molar-refractivity contribution < 1.29 is 24.2 Å². The van der Waals surface area contributed by atoms with E-state index >= 15 is 0 Å². The molecule has 0 aromatic heterocycles. The molecule has 0 radical (unpaired) electrons. The number of rotatable bonds is 7. The second-order valence-corrected chi connectivity index (χ2v) is 5.90. The summed E-state index contributed by atoms with van der Waals surface area (Å²) in [5.41, 5.74) is 0.509. The summed E-state index contributed by atoms with van der Waals surface area (Å²) in [6.07, 6.45) is 2.24. The highest BCUT2D eigenvalue weighted by atomic mass is 16.5. The molecule has 1 aliphatic rings. The van der Waals surface area contributed by atoms with Crippen molar-refractivity contribution >= 4 is 11.9 Å². The minimum atomic E-state index is -0.914. The van der Waals surface area contributed by atoms with Crippen LogP contribution < -0.4 is 4.74 Å². The SMILES string of the molecule is C[C@H](CN(C)C(=O)c1ccc(OC[C@@H]2CCCO2)cc1)C(=O)O. The van der Waals surface area contributed by atoms with Gasteiger partial charge in [0.1, 0.15) is 12.4 Å². The van der Waals surface area contributed by atoms with Gasteiger partial charge >= 0.3 is 5.97 Å². The van der Waals surface area contributed by atoms with Crippen LogP contribution in [0.3, 0.4) is 0 Å². The number of carboxylic acids is 1. The highest BCUT2D eigenvalue weighted by Gasteiger charge is 2.19. The Balaban J connectivity index is 1.87. The van der Waals surface area contributed by atoms with Crippen LogP contribution in [0.25, 0.3) is 0 Å². The van der Waals surface area contributed by atoms with E-state index in [-0.39, 0.29) is 18.6 Å². The van der Waals surface area contributed by atoms with Crippen molar-refractivity contribution in [2.75, 3.05) is 26.8 Å². The average Bonchev–Trinajstić information content (AvgIpc) is 3.06. The second kappa shape index (κ2) is 7.97. The first-order chi connectivity index (χ1) is 11.0. The van der Waals surface area contributed by atoms with Crippen molar-refractivity contribution in [1.82, 2.24) is 4.90 Å². The van der Waals surface area contributed by atoms with Crippen molar-refractivity contribution in [2.24, 2.45) is 5.92 Å². The molecule has 1 aromatic carbocycles. The molecule has 0 unspecified atom stereocenters. The van der Waals surface area contributed by atoms with Crippen molar-refractivity contribution in [3.63, 3.8) is 0 Å². The van der Waals surface area contributed by atoms with Gasteiger partial charge in [0.05, 0.1) is 12.0 Å². The standard InChI is InChI=1S/C17H23NO5/c1-12(17(20)21)10-18(2)16(19)13-5-7-14(8-6-13)23-11-15-4-3-9-22-15/h5-8,12,15H,3-4,9-11H2,1-2H3,(H,20,21)/t12-,15+/m1/s1. The summed E-state index contributed by atoms with van der Waals surface area (Å²) >= 11 is 0. The third-order valence-corrected chi connectivity index (χ3v) is 3.88. The predicted molar refractivity (Wildman–Crippen MR) is 84.7 cm³/mol. The average molecular weight is 321 g/mol. The fourth-order valence-electron chi connectivity index (χ4n) is 2.45.